The van der Waals surface area contributed by atoms with Gasteiger partial charge in [-0.15, -0.1) is 0 Å². The molecule has 0 saturated carbocycles. The molecular weight excluding hydrogens is 338 g/mol. The molecule has 0 bridgehead atoms. The molecule has 0 aliphatic rings. The van der Waals surface area contributed by atoms with Gasteiger partial charge in [-0.05, 0) is 39.8 Å². The summed E-state index contributed by atoms with van der Waals surface area (Å²) >= 11 is 0. The van der Waals surface area contributed by atoms with E-state index in [0.29, 0.717) is 0 Å². The van der Waals surface area contributed by atoms with E-state index in [1.807, 2.05) is 0 Å². The maximum Gasteiger partial charge on any atom is 0.0340 e. The molecule has 0 radical (unpaired) electrons. The largest absolute Gasteiger partial charge is 0.385 e. The van der Waals surface area contributed by atoms with E-state index in [4.69, 9.17) is 0 Å². The van der Waals surface area contributed by atoms with E-state index in [1.165, 1.54) is 22.3 Å². The average molecular weight is 368 g/mol. The number of nitrogens with one attached hydrogen (secondary N) is 1. The maximum absolute atomic E-state index is 3.49. The van der Waals surface area contributed by atoms with Crippen molar-refractivity contribution in [1.82, 2.24) is 0 Å². The summed E-state index contributed by atoms with van der Waals surface area (Å²) in [6.07, 6.45) is 6.47. The van der Waals surface area contributed by atoms with Gasteiger partial charge in [0.15, 0.2) is 0 Å². The number of rotatable bonds is 6. The van der Waals surface area contributed by atoms with Gasteiger partial charge in [0.05, 0.1) is 0 Å². The second-order valence-electron chi connectivity index (χ2n) is 8.21. The molecule has 1 heteroatoms. The molecule has 1 N–H and O–H groups in total. The number of allylic oxidation sites excluding steroid dienone is 2. The standard InChI is InChI=1S/C27H29N/c1-27(2,3)21-28-25-19-17-22(18-20-25)11-10-16-26(23-12-6-4-7-13-23)24-14-8-5-9-15-24/h4-20,28H,21H2,1-3H3/b11-10+. The Labute approximate surface area is 169 Å². The minimum absolute atomic E-state index is 0.272. The Morgan fingerprint density at radius 1 is 0.750 bits per heavy atom. The fourth-order valence-corrected chi connectivity index (χ4v) is 2.93. The van der Waals surface area contributed by atoms with Crippen LogP contribution in [0.15, 0.2) is 97.1 Å². The molecule has 1 nitrogen and oxygen atoms in total. The van der Waals surface area contributed by atoms with Crippen molar-refractivity contribution in [3.63, 3.8) is 0 Å². The van der Waals surface area contributed by atoms with Crippen molar-refractivity contribution in [2.45, 2.75) is 20.8 Å². The van der Waals surface area contributed by atoms with Crippen molar-refractivity contribution >= 4 is 17.3 Å². The molecule has 0 aromatic heterocycles. The number of benzene rings is 3. The number of hydrogen-bond acceptors (Lipinski definition) is 1. The summed E-state index contributed by atoms with van der Waals surface area (Å²) in [6, 6.07) is 29.6. The molecule has 3 rings (SSSR count). The van der Waals surface area contributed by atoms with Gasteiger partial charge in [-0.3, -0.25) is 0 Å². The number of anilines is 1. The molecule has 0 atom stereocenters. The van der Waals surface area contributed by atoms with Crippen LogP contribution in [0.1, 0.15) is 37.5 Å². The van der Waals surface area contributed by atoms with Crippen molar-refractivity contribution in [1.29, 1.82) is 0 Å². The van der Waals surface area contributed by atoms with Crippen LogP contribution in [0, 0.1) is 5.41 Å². The smallest absolute Gasteiger partial charge is 0.0340 e. The van der Waals surface area contributed by atoms with Gasteiger partial charge in [-0.1, -0.05) is 112 Å². The Kier molecular flexibility index (Phi) is 6.49. The van der Waals surface area contributed by atoms with Crippen LogP contribution in [0.5, 0.6) is 0 Å². The van der Waals surface area contributed by atoms with Gasteiger partial charge in [-0.2, -0.15) is 0 Å². The highest BCUT2D eigenvalue weighted by molar-refractivity contribution is 5.81. The molecule has 28 heavy (non-hydrogen) atoms. The number of hydrogen-bond donors (Lipinski definition) is 1. The lowest BCUT2D eigenvalue weighted by Crippen LogP contribution is -2.18. The van der Waals surface area contributed by atoms with E-state index >= 15 is 0 Å². The Hall–Kier alpha value is -3.06. The first-order valence-corrected chi connectivity index (χ1v) is 9.84. The summed E-state index contributed by atoms with van der Waals surface area (Å²) in [7, 11) is 0. The molecule has 0 fully saturated rings. The summed E-state index contributed by atoms with van der Waals surface area (Å²) in [5, 5.41) is 3.49. The van der Waals surface area contributed by atoms with Gasteiger partial charge in [0.2, 0.25) is 0 Å². The Balaban J connectivity index is 1.76. The SMILES string of the molecule is CC(C)(C)CNc1ccc(/C=C/C=C(c2ccccc2)c2ccccc2)cc1. The third kappa shape index (κ3) is 5.99. The highest BCUT2D eigenvalue weighted by Crippen LogP contribution is 2.23. The van der Waals surface area contributed by atoms with E-state index < -0.39 is 0 Å². The first kappa shape index (κ1) is 19.7. The van der Waals surface area contributed by atoms with Gasteiger partial charge in [0.1, 0.15) is 0 Å². The highest BCUT2D eigenvalue weighted by Gasteiger charge is 2.08. The predicted octanol–water partition coefficient (Wildman–Crippen LogP) is 7.29. The molecule has 0 unspecified atom stereocenters. The molecule has 142 valence electrons. The first-order chi connectivity index (χ1) is 13.5. The molecule has 0 spiro atoms. The lowest BCUT2D eigenvalue weighted by molar-refractivity contribution is 0.443. The van der Waals surface area contributed by atoms with Crippen LogP contribution in [0.3, 0.4) is 0 Å². The van der Waals surface area contributed by atoms with Gasteiger partial charge in [-0.25, -0.2) is 0 Å². The minimum atomic E-state index is 0.272. The monoisotopic (exact) mass is 367 g/mol. The highest BCUT2D eigenvalue weighted by atomic mass is 14.9. The molecule has 3 aromatic rings. The lowest BCUT2D eigenvalue weighted by Gasteiger charge is -2.19. The van der Waals surface area contributed by atoms with E-state index in [0.717, 1.165) is 12.2 Å². The first-order valence-electron chi connectivity index (χ1n) is 9.84. The van der Waals surface area contributed by atoms with Gasteiger partial charge in [0, 0.05) is 12.2 Å². The third-order valence-electron chi connectivity index (χ3n) is 4.45. The molecule has 0 aliphatic heterocycles. The fourth-order valence-electron chi connectivity index (χ4n) is 2.93. The molecule has 0 aliphatic carbocycles. The van der Waals surface area contributed by atoms with Gasteiger partial charge in [0.25, 0.3) is 0 Å². The molecule has 3 aromatic carbocycles. The lowest BCUT2D eigenvalue weighted by atomic mass is 9.97. The van der Waals surface area contributed by atoms with Crippen LogP contribution in [-0.2, 0) is 0 Å². The fraction of sp³-hybridized carbons (Fsp3) is 0.185. The second kappa shape index (κ2) is 9.23. The van der Waals surface area contributed by atoms with Crippen molar-refractivity contribution in [2.24, 2.45) is 5.41 Å². The topological polar surface area (TPSA) is 12.0 Å². The predicted molar refractivity (Wildman–Crippen MR) is 123 cm³/mol. The summed E-state index contributed by atoms with van der Waals surface area (Å²) < 4.78 is 0. The summed E-state index contributed by atoms with van der Waals surface area (Å²) in [5.74, 6) is 0. The van der Waals surface area contributed by atoms with Crippen molar-refractivity contribution in [2.75, 3.05) is 11.9 Å². The Morgan fingerprint density at radius 3 is 1.79 bits per heavy atom. The average Bonchev–Trinajstić information content (AvgIpc) is 2.71. The molecule has 0 heterocycles. The molecule has 0 saturated heterocycles. The van der Waals surface area contributed by atoms with Gasteiger partial charge < -0.3 is 5.32 Å². The van der Waals surface area contributed by atoms with E-state index in [1.54, 1.807) is 0 Å². The Bertz CT molecular complexity index is 870. The van der Waals surface area contributed by atoms with Gasteiger partial charge >= 0.3 is 0 Å². The van der Waals surface area contributed by atoms with Crippen LogP contribution >= 0.6 is 0 Å². The zero-order chi connectivity index (χ0) is 19.8. The zero-order valence-electron chi connectivity index (χ0n) is 17.0. The van der Waals surface area contributed by atoms with Crippen LogP contribution in [-0.4, -0.2) is 6.54 Å². The van der Waals surface area contributed by atoms with E-state index in [-0.39, 0.29) is 5.41 Å². The second-order valence-corrected chi connectivity index (χ2v) is 8.21. The normalized spacial score (nSPS) is 11.4. The van der Waals surface area contributed by atoms with Crippen LogP contribution in [0.25, 0.3) is 11.6 Å². The summed E-state index contributed by atoms with van der Waals surface area (Å²) in [5.41, 5.74) is 6.30. The maximum atomic E-state index is 3.49. The van der Waals surface area contributed by atoms with Crippen LogP contribution in [0.4, 0.5) is 5.69 Å². The molecular formula is C27H29N. The van der Waals surface area contributed by atoms with Crippen molar-refractivity contribution in [3.05, 3.63) is 114 Å². The summed E-state index contributed by atoms with van der Waals surface area (Å²) in [6.45, 7) is 7.67. The van der Waals surface area contributed by atoms with Crippen LogP contribution < -0.4 is 5.32 Å². The zero-order valence-corrected chi connectivity index (χ0v) is 17.0. The van der Waals surface area contributed by atoms with Crippen LogP contribution in [0.2, 0.25) is 0 Å². The van der Waals surface area contributed by atoms with Crippen molar-refractivity contribution in [3.8, 4) is 0 Å². The Morgan fingerprint density at radius 2 is 1.29 bits per heavy atom. The van der Waals surface area contributed by atoms with E-state index in [2.05, 4.69) is 129 Å². The van der Waals surface area contributed by atoms with Crippen molar-refractivity contribution < 1.29 is 0 Å². The minimum Gasteiger partial charge on any atom is -0.385 e. The molecule has 0 amide bonds. The third-order valence-corrected chi connectivity index (χ3v) is 4.45. The van der Waals surface area contributed by atoms with E-state index in [9.17, 15) is 0 Å². The summed E-state index contributed by atoms with van der Waals surface area (Å²) in [4.78, 5) is 0. The quantitative estimate of drug-likeness (QED) is 0.451.